The first-order valence-electron chi connectivity index (χ1n) is 11.6. The molecule has 0 radical (unpaired) electrons. The first-order valence-corrected chi connectivity index (χ1v) is 12.4. The Morgan fingerprint density at radius 3 is 2.32 bits per heavy atom. The van der Waals surface area contributed by atoms with Gasteiger partial charge in [0, 0.05) is 26.9 Å². The first-order chi connectivity index (χ1) is 17.9. The molecule has 2 N–H and O–H groups in total. The van der Waals surface area contributed by atoms with E-state index >= 15 is 0 Å². The Bertz CT molecular complexity index is 1250. The minimum absolute atomic E-state index is 0.246. The molecule has 8 nitrogen and oxygen atoms in total. The molecule has 0 aliphatic carbocycles. The summed E-state index contributed by atoms with van der Waals surface area (Å²) in [6.07, 6.45) is 2.24. The van der Waals surface area contributed by atoms with Gasteiger partial charge >= 0.3 is 0 Å². The van der Waals surface area contributed by atoms with Gasteiger partial charge < -0.3 is 19.5 Å². The van der Waals surface area contributed by atoms with Crippen molar-refractivity contribution in [3.63, 3.8) is 0 Å². The molecule has 37 heavy (non-hydrogen) atoms. The maximum Gasteiger partial charge on any atom is 0.271 e. The highest BCUT2D eigenvalue weighted by Crippen LogP contribution is 2.29. The Labute approximate surface area is 225 Å². The van der Waals surface area contributed by atoms with Crippen molar-refractivity contribution in [3.05, 3.63) is 81.8 Å². The number of hydrogen-bond donors (Lipinski definition) is 2. The van der Waals surface area contributed by atoms with Crippen LogP contribution in [0, 0.1) is 0 Å². The van der Waals surface area contributed by atoms with Crippen LogP contribution in [0.25, 0.3) is 0 Å². The topological polar surface area (TPSA) is 98.3 Å². The van der Waals surface area contributed by atoms with E-state index in [9.17, 15) is 9.59 Å². The number of anilines is 1. The van der Waals surface area contributed by atoms with E-state index < -0.39 is 5.91 Å². The van der Waals surface area contributed by atoms with Gasteiger partial charge in [0.05, 0.1) is 19.4 Å². The van der Waals surface area contributed by atoms with Crippen LogP contribution in [0.2, 0.25) is 10.0 Å². The van der Waals surface area contributed by atoms with Crippen LogP contribution >= 0.6 is 23.2 Å². The Hall–Kier alpha value is -3.75. The molecule has 0 aliphatic heterocycles. The predicted octanol–water partition coefficient (Wildman–Crippen LogP) is 5.96. The summed E-state index contributed by atoms with van der Waals surface area (Å²) in [6, 6.07) is 16.5. The molecule has 0 atom stereocenters. The van der Waals surface area contributed by atoms with E-state index in [0.717, 1.165) is 6.42 Å². The molecule has 0 unspecified atom stereocenters. The van der Waals surface area contributed by atoms with Gasteiger partial charge in [0.2, 0.25) is 0 Å². The summed E-state index contributed by atoms with van der Waals surface area (Å²) < 4.78 is 16.9. The fraction of sp³-hybridized carbons (Fsp3) is 0.222. The summed E-state index contributed by atoms with van der Waals surface area (Å²) in [7, 11) is 0. The number of hydrogen-bond acceptors (Lipinski definition) is 6. The molecule has 3 aromatic rings. The van der Waals surface area contributed by atoms with E-state index in [1.165, 1.54) is 6.21 Å². The van der Waals surface area contributed by atoms with Crippen LogP contribution in [0.4, 0.5) is 5.69 Å². The smallest absolute Gasteiger partial charge is 0.271 e. The van der Waals surface area contributed by atoms with Gasteiger partial charge in [-0.3, -0.25) is 9.59 Å². The molecule has 0 aliphatic rings. The van der Waals surface area contributed by atoms with Crippen molar-refractivity contribution >= 4 is 46.9 Å². The molecular formula is C27H27Cl2N3O5. The van der Waals surface area contributed by atoms with E-state index in [1.807, 2.05) is 13.8 Å². The van der Waals surface area contributed by atoms with Crippen LogP contribution in [0.1, 0.15) is 36.2 Å². The summed E-state index contributed by atoms with van der Waals surface area (Å²) in [5.41, 5.74) is 3.90. The van der Waals surface area contributed by atoms with E-state index in [1.54, 1.807) is 60.7 Å². The van der Waals surface area contributed by atoms with Gasteiger partial charge in [0.15, 0.2) is 18.1 Å². The van der Waals surface area contributed by atoms with Crippen molar-refractivity contribution in [1.82, 2.24) is 5.43 Å². The zero-order valence-electron chi connectivity index (χ0n) is 20.4. The lowest BCUT2D eigenvalue weighted by Gasteiger charge is -2.12. The van der Waals surface area contributed by atoms with Gasteiger partial charge in [-0.1, -0.05) is 30.1 Å². The number of nitrogens with zero attached hydrogens (tertiary/aromatic N) is 1. The molecule has 0 spiro atoms. The molecule has 2 amide bonds. The van der Waals surface area contributed by atoms with Gasteiger partial charge in [-0.15, -0.1) is 0 Å². The molecule has 0 saturated heterocycles. The fourth-order valence-electron chi connectivity index (χ4n) is 3.10. The monoisotopic (exact) mass is 543 g/mol. The molecule has 194 valence electrons. The summed E-state index contributed by atoms with van der Waals surface area (Å²) in [5, 5.41) is 7.75. The predicted molar refractivity (Wildman–Crippen MR) is 145 cm³/mol. The Kier molecular flexibility index (Phi) is 10.6. The highest BCUT2D eigenvalue weighted by atomic mass is 35.5. The lowest BCUT2D eigenvalue weighted by molar-refractivity contribution is -0.118. The largest absolute Gasteiger partial charge is 0.490 e. The summed E-state index contributed by atoms with van der Waals surface area (Å²) >= 11 is 12.0. The van der Waals surface area contributed by atoms with Crippen LogP contribution in [-0.4, -0.2) is 37.8 Å². The lowest BCUT2D eigenvalue weighted by atomic mass is 10.2. The third-order valence-electron chi connectivity index (χ3n) is 4.80. The van der Waals surface area contributed by atoms with E-state index in [0.29, 0.717) is 57.3 Å². The van der Waals surface area contributed by atoms with Gasteiger partial charge in [-0.25, -0.2) is 5.43 Å². The van der Waals surface area contributed by atoms with Crippen LogP contribution in [0.5, 0.6) is 17.2 Å². The van der Waals surface area contributed by atoms with Crippen LogP contribution in [0.3, 0.4) is 0 Å². The molecule has 10 heteroatoms. The molecule has 3 aromatic carbocycles. The molecule has 0 heterocycles. The van der Waals surface area contributed by atoms with Crippen molar-refractivity contribution in [2.24, 2.45) is 5.10 Å². The summed E-state index contributed by atoms with van der Waals surface area (Å²) in [6.45, 7) is 4.59. The van der Waals surface area contributed by atoms with Gasteiger partial charge in [0.1, 0.15) is 5.75 Å². The number of amides is 2. The summed E-state index contributed by atoms with van der Waals surface area (Å²) in [5.74, 6) is 0.625. The minimum atomic E-state index is -0.439. The average Bonchev–Trinajstić information content (AvgIpc) is 2.89. The van der Waals surface area contributed by atoms with Crippen molar-refractivity contribution < 1.29 is 23.8 Å². The molecule has 0 bridgehead atoms. The highest BCUT2D eigenvalue weighted by Gasteiger charge is 2.12. The molecular weight excluding hydrogens is 517 g/mol. The van der Waals surface area contributed by atoms with Crippen molar-refractivity contribution in [2.75, 3.05) is 25.1 Å². The third-order valence-corrected chi connectivity index (χ3v) is 5.28. The van der Waals surface area contributed by atoms with Gasteiger partial charge in [-0.2, -0.15) is 5.10 Å². The van der Waals surface area contributed by atoms with E-state index in [-0.39, 0.29) is 12.5 Å². The minimum Gasteiger partial charge on any atom is -0.490 e. The number of carbonyl (C=O) groups excluding carboxylic acids is 2. The standard InChI is InChI=1S/C27H27Cl2N3O5/c1-3-13-36-24-11-5-18(15-25(24)35-4-2)27(34)32-30-16-19-14-21(29)8-12-23(19)37-17-26(33)31-22-9-6-20(28)7-10-22/h5-12,14-16H,3-4,13,17H2,1-2H3,(H,31,33)(H,32,34)/b30-16+. The van der Waals surface area contributed by atoms with Crippen LogP contribution < -0.4 is 25.0 Å². The number of hydrazone groups is 1. The van der Waals surface area contributed by atoms with E-state index in [2.05, 4.69) is 15.8 Å². The second-order valence-corrected chi connectivity index (χ2v) is 8.54. The number of nitrogens with one attached hydrogen (secondary N) is 2. The maximum absolute atomic E-state index is 12.6. The number of ether oxygens (including phenoxy) is 3. The number of rotatable bonds is 12. The molecule has 0 saturated carbocycles. The zero-order chi connectivity index (χ0) is 26.6. The summed E-state index contributed by atoms with van der Waals surface area (Å²) in [4.78, 5) is 24.9. The van der Waals surface area contributed by atoms with Crippen LogP contribution in [-0.2, 0) is 4.79 Å². The van der Waals surface area contributed by atoms with Crippen molar-refractivity contribution in [1.29, 1.82) is 0 Å². The number of benzene rings is 3. The number of halogens is 2. The first kappa shape index (κ1) is 27.8. The maximum atomic E-state index is 12.6. The number of carbonyl (C=O) groups is 2. The Morgan fingerprint density at radius 2 is 1.59 bits per heavy atom. The lowest BCUT2D eigenvalue weighted by Crippen LogP contribution is -2.20. The zero-order valence-corrected chi connectivity index (χ0v) is 21.9. The quantitative estimate of drug-likeness (QED) is 0.217. The van der Waals surface area contributed by atoms with Crippen molar-refractivity contribution in [2.45, 2.75) is 20.3 Å². The molecule has 3 rings (SSSR count). The molecule has 0 aromatic heterocycles. The SMILES string of the molecule is CCCOc1ccc(C(=O)N/N=C/c2cc(Cl)ccc2OCC(=O)Nc2ccc(Cl)cc2)cc1OCC. The van der Waals surface area contributed by atoms with Gasteiger partial charge in [-0.05, 0) is 74.0 Å². The molecule has 0 fully saturated rings. The highest BCUT2D eigenvalue weighted by molar-refractivity contribution is 6.31. The van der Waals surface area contributed by atoms with Crippen LogP contribution in [0.15, 0.2) is 65.8 Å². The van der Waals surface area contributed by atoms with Crippen molar-refractivity contribution in [3.8, 4) is 17.2 Å². The fourth-order valence-corrected chi connectivity index (χ4v) is 3.41. The second-order valence-electron chi connectivity index (χ2n) is 7.67. The Morgan fingerprint density at radius 1 is 0.865 bits per heavy atom. The van der Waals surface area contributed by atoms with Gasteiger partial charge in [0.25, 0.3) is 11.8 Å². The normalized spacial score (nSPS) is 10.7. The average molecular weight is 544 g/mol. The Balaban J connectivity index is 1.63. The second kappa shape index (κ2) is 14.1. The third kappa shape index (κ3) is 8.70. The van der Waals surface area contributed by atoms with E-state index in [4.69, 9.17) is 37.4 Å².